The van der Waals surface area contributed by atoms with Crippen molar-refractivity contribution in [1.82, 2.24) is 0 Å². The Balaban J connectivity index is 1.63. The van der Waals surface area contributed by atoms with Crippen molar-refractivity contribution >= 4 is 12.2 Å². The molecule has 128 valence electrons. The van der Waals surface area contributed by atoms with Crippen LogP contribution in [-0.2, 0) is 0 Å². The van der Waals surface area contributed by atoms with Crippen LogP contribution >= 0.6 is 0 Å². The van der Waals surface area contributed by atoms with Crippen molar-refractivity contribution in [3.8, 4) is 0 Å². The summed E-state index contributed by atoms with van der Waals surface area (Å²) >= 11 is 0. The molecule has 2 aromatic rings. The van der Waals surface area contributed by atoms with Crippen LogP contribution in [0.15, 0.2) is 134 Å². The molecule has 0 saturated carbocycles. The van der Waals surface area contributed by atoms with Crippen molar-refractivity contribution in [3.63, 3.8) is 0 Å². The van der Waals surface area contributed by atoms with Gasteiger partial charge < -0.3 is 0 Å². The van der Waals surface area contributed by atoms with Crippen LogP contribution in [0.4, 0.5) is 0 Å². The molecule has 0 fully saturated rings. The zero-order chi connectivity index (χ0) is 18.1. The van der Waals surface area contributed by atoms with Crippen LogP contribution in [0, 0.1) is 0 Å². The van der Waals surface area contributed by atoms with E-state index in [1.165, 1.54) is 11.1 Å². The monoisotopic (exact) mass is 336 g/mol. The highest BCUT2D eigenvalue weighted by Crippen LogP contribution is 2.01. The summed E-state index contributed by atoms with van der Waals surface area (Å²) < 4.78 is 0. The lowest BCUT2D eigenvalue weighted by atomic mass is 10.2. The Labute approximate surface area is 157 Å². The third kappa shape index (κ3) is 9.05. The first-order valence-corrected chi connectivity index (χ1v) is 8.73. The zero-order valence-electron chi connectivity index (χ0n) is 14.9. The molecule has 0 amide bonds. The van der Waals surface area contributed by atoms with Gasteiger partial charge in [-0.05, 0) is 11.1 Å². The van der Waals surface area contributed by atoms with Crippen molar-refractivity contribution in [1.29, 1.82) is 0 Å². The van der Waals surface area contributed by atoms with Gasteiger partial charge in [0, 0.05) is 0 Å². The van der Waals surface area contributed by atoms with Gasteiger partial charge >= 0.3 is 0 Å². The molecule has 0 N–H and O–H groups in total. The van der Waals surface area contributed by atoms with Crippen molar-refractivity contribution < 1.29 is 0 Å². The topological polar surface area (TPSA) is 0 Å². The molecule has 0 saturated heterocycles. The summed E-state index contributed by atoms with van der Waals surface area (Å²) in [6.07, 6.45) is 28.4. The van der Waals surface area contributed by atoms with Gasteiger partial charge in [-0.25, -0.2) is 0 Å². The summed E-state index contributed by atoms with van der Waals surface area (Å²) in [6.45, 7) is 0. The second-order valence-electron chi connectivity index (χ2n) is 5.46. The third-order valence-electron chi connectivity index (χ3n) is 3.40. The van der Waals surface area contributed by atoms with Gasteiger partial charge in [0.15, 0.2) is 0 Å². The van der Waals surface area contributed by atoms with Crippen LogP contribution in [-0.4, -0.2) is 0 Å². The van der Waals surface area contributed by atoms with E-state index in [2.05, 4.69) is 36.4 Å². The highest BCUT2D eigenvalue weighted by atomic mass is 13.9. The summed E-state index contributed by atoms with van der Waals surface area (Å²) in [6, 6.07) is 20.5. The van der Waals surface area contributed by atoms with E-state index in [4.69, 9.17) is 0 Å². The van der Waals surface area contributed by atoms with Gasteiger partial charge in [0.05, 0.1) is 0 Å². The zero-order valence-corrected chi connectivity index (χ0v) is 14.9. The first kappa shape index (κ1) is 19.0. The molecule has 26 heavy (non-hydrogen) atoms. The van der Waals surface area contributed by atoms with Crippen LogP contribution in [0.3, 0.4) is 0 Å². The van der Waals surface area contributed by atoms with E-state index in [0.29, 0.717) is 0 Å². The fraction of sp³-hybridized carbons (Fsp3) is 0. The van der Waals surface area contributed by atoms with Gasteiger partial charge in [0.25, 0.3) is 0 Å². The van der Waals surface area contributed by atoms with Crippen LogP contribution in [0.5, 0.6) is 0 Å². The van der Waals surface area contributed by atoms with Gasteiger partial charge in [-0.1, -0.05) is 146 Å². The standard InChI is InChI=1S/C26H24/c1(3-5-7-9-13-19-25-21-15-11-16-22-25)2-4-6-8-10-14-20-26-23-17-12-18-24-26/h1-24H/b2-1+,5-3+,6-4+,9-7+,10-8+,19-13+,20-14+. The Bertz CT molecular complexity index is 739. The second kappa shape index (κ2) is 13.0. The van der Waals surface area contributed by atoms with Gasteiger partial charge in [-0.3, -0.25) is 0 Å². The van der Waals surface area contributed by atoms with Crippen LogP contribution in [0.25, 0.3) is 12.2 Å². The van der Waals surface area contributed by atoms with Crippen molar-refractivity contribution in [2.75, 3.05) is 0 Å². The lowest BCUT2D eigenvalue weighted by Crippen LogP contribution is -1.66. The molecule has 0 aromatic heterocycles. The predicted octanol–water partition coefficient (Wildman–Crippen LogP) is 7.19. The predicted molar refractivity (Wildman–Crippen MR) is 117 cm³/mol. The molecule has 0 unspecified atom stereocenters. The van der Waals surface area contributed by atoms with Gasteiger partial charge in [0.1, 0.15) is 0 Å². The summed E-state index contributed by atoms with van der Waals surface area (Å²) in [7, 11) is 0. The maximum Gasteiger partial charge on any atom is -0.0257 e. The van der Waals surface area contributed by atoms with E-state index in [-0.39, 0.29) is 0 Å². The quantitative estimate of drug-likeness (QED) is 0.447. The largest absolute Gasteiger partial charge is 0.0623 e. The Hall–Kier alpha value is -3.38. The minimum atomic E-state index is 1.21. The molecule has 0 nitrogen and oxygen atoms in total. The SMILES string of the molecule is C(=C\C=C\C=C\C=C\c1ccccc1)/C=C/C=C/C=C/c1ccccc1. The lowest BCUT2D eigenvalue weighted by molar-refractivity contribution is 1.66. The molecule has 0 heterocycles. The summed E-state index contributed by atoms with van der Waals surface area (Å²) in [5.74, 6) is 0. The van der Waals surface area contributed by atoms with Crippen molar-refractivity contribution in [2.45, 2.75) is 0 Å². The average molecular weight is 336 g/mol. The maximum absolute atomic E-state index is 2.08. The fourth-order valence-corrected chi connectivity index (χ4v) is 2.10. The minimum absolute atomic E-state index is 1.21. The molecule has 2 aromatic carbocycles. The molecule has 2 rings (SSSR count). The van der Waals surface area contributed by atoms with Crippen LogP contribution in [0.2, 0.25) is 0 Å². The van der Waals surface area contributed by atoms with Gasteiger partial charge in [-0.2, -0.15) is 0 Å². The highest BCUT2D eigenvalue weighted by molar-refractivity contribution is 5.51. The normalized spacial score (nSPS) is 13.1. The molecule has 0 aliphatic carbocycles. The molecule has 0 aliphatic rings. The minimum Gasteiger partial charge on any atom is -0.0623 e. The average Bonchev–Trinajstić information content (AvgIpc) is 2.70. The summed E-state index contributed by atoms with van der Waals surface area (Å²) in [4.78, 5) is 0. The Morgan fingerprint density at radius 2 is 0.577 bits per heavy atom. The number of hydrogen-bond donors (Lipinski definition) is 0. The van der Waals surface area contributed by atoms with E-state index >= 15 is 0 Å². The number of hydrogen-bond acceptors (Lipinski definition) is 0. The second-order valence-corrected chi connectivity index (χ2v) is 5.46. The molecule has 0 atom stereocenters. The van der Waals surface area contributed by atoms with Crippen molar-refractivity contribution in [3.05, 3.63) is 145 Å². The first-order valence-electron chi connectivity index (χ1n) is 8.73. The fourth-order valence-electron chi connectivity index (χ4n) is 2.10. The number of benzene rings is 2. The third-order valence-corrected chi connectivity index (χ3v) is 3.40. The summed E-state index contributed by atoms with van der Waals surface area (Å²) in [5, 5.41) is 0. The molecule has 0 radical (unpaired) electrons. The molecule has 0 heteroatoms. The van der Waals surface area contributed by atoms with E-state index < -0.39 is 0 Å². The molecule has 0 bridgehead atoms. The van der Waals surface area contributed by atoms with Crippen LogP contribution < -0.4 is 0 Å². The Morgan fingerprint density at radius 1 is 0.308 bits per heavy atom. The van der Waals surface area contributed by atoms with Crippen molar-refractivity contribution in [2.24, 2.45) is 0 Å². The Morgan fingerprint density at radius 3 is 0.885 bits per heavy atom. The molecular formula is C26H24. The number of rotatable bonds is 8. The number of allylic oxidation sites excluding steroid dienone is 12. The summed E-state index contributed by atoms with van der Waals surface area (Å²) in [5.41, 5.74) is 2.41. The van der Waals surface area contributed by atoms with E-state index in [9.17, 15) is 0 Å². The lowest BCUT2D eigenvalue weighted by Gasteiger charge is -1.87. The van der Waals surface area contributed by atoms with Crippen LogP contribution in [0.1, 0.15) is 11.1 Å². The highest BCUT2D eigenvalue weighted by Gasteiger charge is 1.79. The first-order chi connectivity index (χ1) is 12.9. The maximum atomic E-state index is 2.08. The Kier molecular flexibility index (Phi) is 9.46. The van der Waals surface area contributed by atoms with E-state index in [1.807, 2.05) is 109 Å². The molecule has 0 spiro atoms. The van der Waals surface area contributed by atoms with Gasteiger partial charge in [0.2, 0.25) is 0 Å². The van der Waals surface area contributed by atoms with E-state index in [1.54, 1.807) is 0 Å². The smallest absolute Gasteiger partial charge is 0.0257 e. The van der Waals surface area contributed by atoms with Gasteiger partial charge in [-0.15, -0.1) is 0 Å². The molecule has 0 aliphatic heterocycles. The van der Waals surface area contributed by atoms with E-state index in [0.717, 1.165) is 0 Å². The molecular weight excluding hydrogens is 312 g/mol.